The molecule has 6 heteroatoms. The molecule has 0 aliphatic carbocycles. The Kier molecular flexibility index (Phi) is 2.38. The molecular weight excluding hydrogens is 252 g/mol. The molecule has 0 aromatic carbocycles. The summed E-state index contributed by atoms with van der Waals surface area (Å²) in [6.07, 6.45) is 2.25. The van der Waals surface area contributed by atoms with E-state index in [0.717, 1.165) is 6.29 Å². The summed E-state index contributed by atoms with van der Waals surface area (Å²) in [5.74, 6) is 0.865. The molecule has 0 saturated heterocycles. The van der Waals surface area contributed by atoms with Crippen molar-refractivity contribution >= 4 is 27.8 Å². The van der Waals surface area contributed by atoms with E-state index in [1.807, 2.05) is 0 Å². The summed E-state index contributed by atoms with van der Waals surface area (Å²) in [5, 5.41) is 0.470. The Balaban J connectivity index is 2.35. The van der Waals surface area contributed by atoms with Gasteiger partial charge in [-0.25, -0.2) is 4.98 Å². The van der Waals surface area contributed by atoms with Crippen molar-refractivity contribution in [2.24, 2.45) is 0 Å². The number of carbonyl (C=O) groups is 1. The van der Waals surface area contributed by atoms with Crippen LogP contribution in [0.5, 0.6) is 0 Å². The molecule has 3 aromatic heterocycles. The van der Waals surface area contributed by atoms with Crippen LogP contribution in [0.15, 0.2) is 27.6 Å². The average Bonchev–Trinajstić information content (AvgIpc) is 2.97. The first-order chi connectivity index (χ1) is 8.70. The highest BCUT2D eigenvalue weighted by molar-refractivity contribution is 7.20. The second-order valence-corrected chi connectivity index (χ2v) is 4.81. The third kappa shape index (κ3) is 1.50. The number of fused-ring (bicyclic) bond motifs is 1. The molecule has 0 aliphatic rings. The summed E-state index contributed by atoms with van der Waals surface area (Å²) in [6.45, 7) is 1.74. The Labute approximate surface area is 105 Å². The molecule has 0 bridgehead atoms. The van der Waals surface area contributed by atoms with Crippen molar-refractivity contribution in [2.75, 3.05) is 0 Å². The van der Waals surface area contributed by atoms with E-state index in [1.54, 1.807) is 19.1 Å². The molecule has 0 saturated carbocycles. The number of aromatic amines is 1. The van der Waals surface area contributed by atoms with E-state index in [4.69, 9.17) is 4.42 Å². The van der Waals surface area contributed by atoms with Gasteiger partial charge in [-0.05, 0) is 24.6 Å². The Morgan fingerprint density at radius 2 is 2.33 bits per heavy atom. The first-order valence-corrected chi connectivity index (χ1v) is 6.05. The van der Waals surface area contributed by atoms with Gasteiger partial charge in [-0.1, -0.05) is 0 Å². The summed E-state index contributed by atoms with van der Waals surface area (Å²) < 4.78 is 5.19. The molecule has 0 spiro atoms. The SMILES string of the molecule is Cc1c(C=O)sc2nc(-c3ccco3)[nH]c(=O)c12. The lowest BCUT2D eigenvalue weighted by Gasteiger charge is -1.96. The Morgan fingerprint density at radius 3 is 3.00 bits per heavy atom. The molecule has 0 unspecified atom stereocenters. The van der Waals surface area contributed by atoms with Crippen LogP contribution in [0.1, 0.15) is 15.2 Å². The number of nitrogens with zero attached hydrogens (tertiary/aromatic N) is 1. The molecule has 0 atom stereocenters. The van der Waals surface area contributed by atoms with Crippen LogP contribution in [0, 0.1) is 6.92 Å². The number of carbonyl (C=O) groups excluding carboxylic acids is 1. The molecule has 0 fully saturated rings. The maximum absolute atomic E-state index is 12.0. The van der Waals surface area contributed by atoms with Crippen LogP contribution in [-0.2, 0) is 0 Å². The van der Waals surface area contributed by atoms with Crippen molar-refractivity contribution in [1.82, 2.24) is 9.97 Å². The highest BCUT2D eigenvalue weighted by Crippen LogP contribution is 2.27. The molecule has 3 heterocycles. The molecule has 0 aliphatic heterocycles. The monoisotopic (exact) mass is 260 g/mol. The quantitative estimate of drug-likeness (QED) is 0.718. The number of nitrogens with one attached hydrogen (secondary N) is 1. The Hall–Kier alpha value is -2.21. The summed E-state index contributed by atoms with van der Waals surface area (Å²) in [6, 6.07) is 3.43. The number of H-pyrrole nitrogens is 1. The van der Waals surface area contributed by atoms with Crippen LogP contribution in [-0.4, -0.2) is 16.3 Å². The first kappa shape index (κ1) is 10.9. The summed E-state index contributed by atoms with van der Waals surface area (Å²) >= 11 is 1.21. The molecule has 0 amide bonds. The van der Waals surface area contributed by atoms with Gasteiger partial charge in [0.2, 0.25) is 0 Å². The van der Waals surface area contributed by atoms with Gasteiger partial charge < -0.3 is 9.40 Å². The summed E-state index contributed by atoms with van der Waals surface area (Å²) in [5.41, 5.74) is 0.415. The Morgan fingerprint density at radius 1 is 1.50 bits per heavy atom. The fourth-order valence-electron chi connectivity index (χ4n) is 1.80. The van der Waals surface area contributed by atoms with Gasteiger partial charge in [-0.3, -0.25) is 9.59 Å². The van der Waals surface area contributed by atoms with E-state index in [1.165, 1.54) is 17.6 Å². The lowest BCUT2D eigenvalue weighted by molar-refractivity contribution is 0.112. The molecule has 5 nitrogen and oxygen atoms in total. The molecule has 90 valence electrons. The largest absolute Gasteiger partial charge is 0.461 e. The number of thiophene rings is 1. The zero-order chi connectivity index (χ0) is 12.7. The highest BCUT2D eigenvalue weighted by Gasteiger charge is 2.15. The van der Waals surface area contributed by atoms with Gasteiger partial charge in [-0.2, -0.15) is 0 Å². The molecular formula is C12H8N2O3S. The van der Waals surface area contributed by atoms with E-state index < -0.39 is 0 Å². The van der Waals surface area contributed by atoms with Gasteiger partial charge in [0.25, 0.3) is 5.56 Å². The van der Waals surface area contributed by atoms with Crippen LogP contribution in [0.4, 0.5) is 0 Å². The third-order valence-electron chi connectivity index (χ3n) is 2.70. The Bertz CT molecular complexity index is 784. The predicted molar refractivity (Wildman–Crippen MR) is 68.1 cm³/mol. The van der Waals surface area contributed by atoms with E-state index >= 15 is 0 Å². The summed E-state index contributed by atoms with van der Waals surface area (Å²) in [7, 11) is 0. The number of aryl methyl sites for hydroxylation is 1. The maximum atomic E-state index is 12.0. The van der Waals surface area contributed by atoms with Gasteiger partial charge in [-0.15, -0.1) is 11.3 Å². The fourth-order valence-corrected chi connectivity index (χ4v) is 2.80. The first-order valence-electron chi connectivity index (χ1n) is 5.23. The average molecular weight is 260 g/mol. The molecule has 3 aromatic rings. The second-order valence-electron chi connectivity index (χ2n) is 3.78. The van der Waals surface area contributed by atoms with Gasteiger partial charge in [0.1, 0.15) is 4.83 Å². The second kappa shape index (κ2) is 3.92. The highest BCUT2D eigenvalue weighted by atomic mass is 32.1. The van der Waals surface area contributed by atoms with Gasteiger partial charge >= 0.3 is 0 Å². The zero-order valence-electron chi connectivity index (χ0n) is 9.39. The van der Waals surface area contributed by atoms with Crippen molar-refractivity contribution in [2.45, 2.75) is 6.92 Å². The fraction of sp³-hybridized carbons (Fsp3) is 0.0833. The topological polar surface area (TPSA) is 76.0 Å². The third-order valence-corrected chi connectivity index (χ3v) is 3.81. The molecule has 18 heavy (non-hydrogen) atoms. The number of aldehydes is 1. The number of hydrogen-bond donors (Lipinski definition) is 1. The van der Waals surface area contributed by atoms with Crippen LogP contribution in [0.2, 0.25) is 0 Å². The number of rotatable bonds is 2. The van der Waals surface area contributed by atoms with Crippen molar-refractivity contribution < 1.29 is 9.21 Å². The van der Waals surface area contributed by atoms with Crippen LogP contribution >= 0.6 is 11.3 Å². The lowest BCUT2D eigenvalue weighted by Crippen LogP contribution is -2.08. The molecule has 3 rings (SSSR count). The predicted octanol–water partition coefficient (Wildman–Crippen LogP) is 2.37. The van der Waals surface area contributed by atoms with Crippen LogP contribution in [0.3, 0.4) is 0 Å². The van der Waals surface area contributed by atoms with Crippen LogP contribution < -0.4 is 5.56 Å². The number of hydrogen-bond acceptors (Lipinski definition) is 5. The van der Waals surface area contributed by atoms with Gasteiger partial charge in [0, 0.05) is 0 Å². The van der Waals surface area contributed by atoms with E-state index in [2.05, 4.69) is 9.97 Å². The van der Waals surface area contributed by atoms with Crippen LogP contribution in [0.25, 0.3) is 21.8 Å². The van der Waals surface area contributed by atoms with Crippen molar-refractivity contribution in [3.63, 3.8) is 0 Å². The zero-order valence-corrected chi connectivity index (χ0v) is 10.2. The molecule has 1 N–H and O–H groups in total. The molecule has 0 radical (unpaired) electrons. The normalized spacial score (nSPS) is 10.9. The standard InChI is InChI=1S/C12H8N2O3S/c1-6-8(5-15)18-12-9(6)11(16)13-10(14-12)7-3-2-4-17-7/h2-5H,1H3,(H,13,14,16). The smallest absolute Gasteiger partial charge is 0.260 e. The summed E-state index contributed by atoms with van der Waals surface area (Å²) in [4.78, 5) is 30.9. The minimum atomic E-state index is -0.256. The van der Waals surface area contributed by atoms with Crippen molar-refractivity contribution in [1.29, 1.82) is 0 Å². The minimum absolute atomic E-state index is 0.256. The maximum Gasteiger partial charge on any atom is 0.260 e. The van der Waals surface area contributed by atoms with Crippen molar-refractivity contribution in [3.05, 3.63) is 39.2 Å². The number of aromatic nitrogens is 2. The van der Waals surface area contributed by atoms with E-state index in [0.29, 0.717) is 32.2 Å². The van der Waals surface area contributed by atoms with Crippen molar-refractivity contribution in [3.8, 4) is 11.6 Å². The minimum Gasteiger partial charge on any atom is -0.461 e. The van der Waals surface area contributed by atoms with Gasteiger partial charge in [0.15, 0.2) is 17.9 Å². The van der Waals surface area contributed by atoms with Gasteiger partial charge in [0.05, 0.1) is 16.5 Å². The lowest BCUT2D eigenvalue weighted by atomic mass is 10.2. The van der Waals surface area contributed by atoms with E-state index in [-0.39, 0.29) is 5.56 Å². The number of furan rings is 1. The van der Waals surface area contributed by atoms with E-state index in [9.17, 15) is 9.59 Å².